The van der Waals surface area contributed by atoms with E-state index in [1.54, 1.807) is 24.3 Å². The van der Waals surface area contributed by atoms with Crippen molar-refractivity contribution in [2.24, 2.45) is 5.11 Å². The number of Topliss-reactive ketones (excluding diaryl/α,β-unsaturated/α-hetero) is 1. The molecule has 0 N–H and O–H groups in total. The minimum absolute atomic E-state index is 0.0370. The molecule has 0 aliphatic rings. The summed E-state index contributed by atoms with van der Waals surface area (Å²) in [4.78, 5) is 13.6. The zero-order chi connectivity index (χ0) is 11.8. The van der Waals surface area contributed by atoms with Gasteiger partial charge in [-0.2, -0.15) is 0 Å². The zero-order valence-corrected chi connectivity index (χ0v) is 9.09. The molecule has 0 fully saturated rings. The average Bonchev–Trinajstić information content (AvgIpc) is 2.29. The maximum atomic E-state index is 11.0. The van der Waals surface area contributed by atoms with Crippen LogP contribution in [0.2, 0.25) is 0 Å². The van der Waals surface area contributed by atoms with Gasteiger partial charge in [0.05, 0.1) is 6.61 Å². The molecule has 0 saturated heterocycles. The number of azide groups is 1. The minimum atomic E-state index is 0.0370. The molecule has 0 radical (unpaired) electrons. The van der Waals surface area contributed by atoms with Crippen LogP contribution in [0.5, 0.6) is 5.75 Å². The monoisotopic (exact) mass is 219 g/mol. The van der Waals surface area contributed by atoms with E-state index >= 15 is 0 Å². The molecule has 0 bridgehead atoms. The van der Waals surface area contributed by atoms with Crippen molar-refractivity contribution in [3.05, 3.63) is 40.3 Å². The molecule has 5 nitrogen and oxygen atoms in total. The first-order valence-corrected chi connectivity index (χ1v) is 4.98. The summed E-state index contributed by atoms with van der Waals surface area (Å²) < 4.78 is 5.39. The molecule has 1 rings (SSSR count). The summed E-state index contributed by atoms with van der Waals surface area (Å²) in [6.07, 6.45) is 0.679. The second-order valence-corrected chi connectivity index (χ2v) is 3.24. The van der Waals surface area contributed by atoms with Crippen molar-refractivity contribution in [1.29, 1.82) is 0 Å². The highest BCUT2D eigenvalue weighted by Crippen LogP contribution is 2.12. The summed E-state index contributed by atoms with van der Waals surface area (Å²) >= 11 is 0. The van der Waals surface area contributed by atoms with Crippen LogP contribution < -0.4 is 4.74 Å². The molecule has 0 amide bonds. The number of benzene rings is 1. The summed E-state index contributed by atoms with van der Waals surface area (Å²) in [6, 6.07) is 6.96. The highest BCUT2D eigenvalue weighted by molar-refractivity contribution is 5.94. The Morgan fingerprint density at radius 2 is 2.12 bits per heavy atom. The van der Waals surface area contributed by atoms with Crippen molar-refractivity contribution in [2.45, 2.75) is 13.3 Å². The Bertz CT molecular complexity index is 394. The van der Waals surface area contributed by atoms with Crippen LogP contribution in [0.1, 0.15) is 23.7 Å². The smallest absolute Gasteiger partial charge is 0.159 e. The first kappa shape index (κ1) is 12.1. The predicted molar refractivity (Wildman–Crippen MR) is 60.6 cm³/mol. The molecule has 16 heavy (non-hydrogen) atoms. The van der Waals surface area contributed by atoms with Crippen LogP contribution in [0.25, 0.3) is 10.4 Å². The van der Waals surface area contributed by atoms with Crippen molar-refractivity contribution in [3.8, 4) is 5.75 Å². The van der Waals surface area contributed by atoms with Crippen LogP contribution in [0, 0.1) is 0 Å². The van der Waals surface area contributed by atoms with Crippen LogP contribution in [0.3, 0.4) is 0 Å². The van der Waals surface area contributed by atoms with E-state index in [0.29, 0.717) is 30.9 Å². The number of rotatable bonds is 6. The molecule has 0 aliphatic carbocycles. The van der Waals surface area contributed by atoms with Gasteiger partial charge in [-0.25, -0.2) is 0 Å². The zero-order valence-electron chi connectivity index (χ0n) is 9.09. The van der Waals surface area contributed by atoms with Gasteiger partial charge in [-0.05, 0) is 43.1 Å². The van der Waals surface area contributed by atoms with Crippen LogP contribution in [-0.4, -0.2) is 18.9 Å². The summed E-state index contributed by atoms with van der Waals surface area (Å²) in [5.41, 5.74) is 8.72. The first-order chi connectivity index (χ1) is 7.74. The standard InChI is InChI=1S/C11H13N3O2/c1-9(15)10-3-5-11(6-4-10)16-8-2-7-13-14-12/h3-6H,2,7-8H2,1H3. The summed E-state index contributed by atoms with van der Waals surface area (Å²) in [7, 11) is 0. The van der Waals surface area contributed by atoms with Gasteiger partial charge in [0.2, 0.25) is 0 Å². The van der Waals surface area contributed by atoms with Crippen LogP contribution in [0.4, 0.5) is 0 Å². The molecule has 1 aromatic carbocycles. The van der Waals surface area contributed by atoms with Crippen LogP contribution in [0.15, 0.2) is 29.4 Å². The van der Waals surface area contributed by atoms with Crippen molar-refractivity contribution < 1.29 is 9.53 Å². The molecule has 0 atom stereocenters. The maximum absolute atomic E-state index is 11.0. The van der Waals surface area contributed by atoms with Crippen molar-refractivity contribution in [3.63, 3.8) is 0 Å². The topological polar surface area (TPSA) is 75.1 Å². The normalized spacial score (nSPS) is 9.31. The van der Waals surface area contributed by atoms with Gasteiger partial charge < -0.3 is 4.74 Å². The van der Waals surface area contributed by atoms with Gasteiger partial charge in [0.25, 0.3) is 0 Å². The molecule has 0 saturated carbocycles. The third-order valence-electron chi connectivity index (χ3n) is 2.00. The molecule has 0 aromatic heterocycles. The molecule has 0 heterocycles. The molecule has 84 valence electrons. The quantitative estimate of drug-likeness (QED) is 0.242. The second-order valence-electron chi connectivity index (χ2n) is 3.24. The van der Waals surface area contributed by atoms with Gasteiger partial charge in [-0.15, -0.1) is 0 Å². The number of ketones is 1. The van der Waals surface area contributed by atoms with Gasteiger partial charge in [0.1, 0.15) is 5.75 Å². The first-order valence-electron chi connectivity index (χ1n) is 4.98. The lowest BCUT2D eigenvalue weighted by molar-refractivity contribution is 0.101. The van der Waals surface area contributed by atoms with Gasteiger partial charge >= 0.3 is 0 Å². The predicted octanol–water partition coefficient (Wildman–Crippen LogP) is 2.97. The Labute approximate surface area is 93.7 Å². The molecular formula is C11H13N3O2. The number of ether oxygens (including phenoxy) is 1. The largest absolute Gasteiger partial charge is 0.494 e. The Morgan fingerprint density at radius 3 is 2.69 bits per heavy atom. The third kappa shape index (κ3) is 4.02. The Hall–Kier alpha value is -2.00. The number of nitrogens with zero attached hydrogens (tertiary/aromatic N) is 3. The van der Waals surface area contributed by atoms with Crippen molar-refractivity contribution >= 4 is 5.78 Å². The highest BCUT2D eigenvalue weighted by atomic mass is 16.5. The fourth-order valence-corrected chi connectivity index (χ4v) is 1.16. The van der Waals surface area contributed by atoms with Gasteiger partial charge in [-0.1, -0.05) is 5.11 Å². The lowest BCUT2D eigenvalue weighted by Crippen LogP contribution is -1.99. The van der Waals surface area contributed by atoms with E-state index < -0.39 is 0 Å². The minimum Gasteiger partial charge on any atom is -0.494 e. The Kier molecular flexibility index (Phi) is 4.89. The van der Waals surface area contributed by atoms with E-state index in [4.69, 9.17) is 10.3 Å². The van der Waals surface area contributed by atoms with Gasteiger partial charge in [0.15, 0.2) is 5.78 Å². The molecule has 0 aliphatic heterocycles. The number of carbonyl (C=O) groups is 1. The van der Waals surface area contributed by atoms with E-state index in [1.165, 1.54) is 6.92 Å². The van der Waals surface area contributed by atoms with E-state index in [1.807, 2.05) is 0 Å². The Morgan fingerprint density at radius 1 is 1.44 bits per heavy atom. The maximum Gasteiger partial charge on any atom is 0.159 e. The van der Waals surface area contributed by atoms with E-state index in [-0.39, 0.29) is 5.78 Å². The Balaban J connectivity index is 2.37. The number of hydrogen-bond donors (Lipinski definition) is 0. The molecule has 0 spiro atoms. The summed E-state index contributed by atoms with van der Waals surface area (Å²) in [5, 5.41) is 3.40. The fraction of sp³-hybridized carbons (Fsp3) is 0.364. The highest BCUT2D eigenvalue weighted by Gasteiger charge is 1.98. The fourth-order valence-electron chi connectivity index (χ4n) is 1.16. The van der Waals surface area contributed by atoms with Crippen LogP contribution >= 0.6 is 0 Å². The third-order valence-corrected chi connectivity index (χ3v) is 2.00. The van der Waals surface area contributed by atoms with E-state index in [2.05, 4.69) is 10.0 Å². The number of carbonyl (C=O) groups excluding carboxylic acids is 1. The van der Waals surface area contributed by atoms with Gasteiger partial charge in [0, 0.05) is 17.0 Å². The van der Waals surface area contributed by atoms with Crippen molar-refractivity contribution in [1.82, 2.24) is 0 Å². The summed E-state index contributed by atoms with van der Waals surface area (Å²) in [5.74, 6) is 0.751. The van der Waals surface area contributed by atoms with Crippen LogP contribution in [-0.2, 0) is 0 Å². The molecule has 1 aromatic rings. The van der Waals surface area contributed by atoms with E-state index in [0.717, 1.165) is 0 Å². The number of hydrogen-bond acceptors (Lipinski definition) is 3. The second kappa shape index (κ2) is 6.48. The van der Waals surface area contributed by atoms with Crippen molar-refractivity contribution in [2.75, 3.05) is 13.2 Å². The SMILES string of the molecule is CC(=O)c1ccc(OCCCN=[N+]=[N-])cc1. The average molecular weight is 219 g/mol. The summed E-state index contributed by atoms with van der Waals surface area (Å²) in [6.45, 7) is 2.45. The molecular weight excluding hydrogens is 206 g/mol. The van der Waals surface area contributed by atoms with E-state index in [9.17, 15) is 4.79 Å². The lowest BCUT2D eigenvalue weighted by atomic mass is 10.1. The lowest BCUT2D eigenvalue weighted by Gasteiger charge is -2.05. The molecule has 0 unspecified atom stereocenters. The van der Waals surface area contributed by atoms with Gasteiger partial charge in [-0.3, -0.25) is 4.79 Å². The molecule has 5 heteroatoms.